The lowest BCUT2D eigenvalue weighted by Crippen LogP contribution is -2.54. The number of oxazole rings is 1. The maximum atomic E-state index is 12.5. The van der Waals surface area contributed by atoms with Crippen LogP contribution >= 0.6 is 0 Å². The molecular formula is C20H27N3O2. The molecule has 2 heterocycles. The number of amides is 1. The van der Waals surface area contributed by atoms with Crippen molar-refractivity contribution in [1.29, 1.82) is 0 Å². The molecule has 0 aliphatic carbocycles. The molecular weight excluding hydrogens is 314 g/mol. The predicted octanol–water partition coefficient (Wildman–Crippen LogP) is 3.17. The normalized spacial score (nSPS) is 19.8. The summed E-state index contributed by atoms with van der Waals surface area (Å²) in [5, 5.41) is 0. The maximum absolute atomic E-state index is 12.5. The molecule has 0 radical (unpaired) electrons. The topological polar surface area (TPSA) is 72.4 Å². The highest BCUT2D eigenvalue weighted by Crippen LogP contribution is 2.28. The van der Waals surface area contributed by atoms with Gasteiger partial charge in [0.15, 0.2) is 11.7 Å². The van der Waals surface area contributed by atoms with E-state index in [9.17, 15) is 4.79 Å². The molecule has 0 spiro atoms. The number of hydrogen-bond donors (Lipinski definition) is 1. The van der Waals surface area contributed by atoms with Crippen LogP contribution < -0.4 is 5.73 Å². The molecule has 1 aliphatic rings. The Morgan fingerprint density at radius 1 is 1.36 bits per heavy atom. The number of rotatable bonds is 4. The number of aryl methyl sites for hydroxylation is 2. The van der Waals surface area contributed by atoms with Gasteiger partial charge in [-0.15, -0.1) is 0 Å². The predicted molar refractivity (Wildman–Crippen MR) is 98.0 cm³/mol. The fourth-order valence-electron chi connectivity index (χ4n) is 3.24. The van der Waals surface area contributed by atoms with Gasteiger partial charge in [-0.05, 0) is 18.8 Å². The van der Waals surface area contributed by atoms with E-state index >= 15 is 0 Å². The van der Waals surface area contributed by atoms with Crippen LogP contribution in [0.2, 0.25) is 0 Å². The largest absolute Gasteiger partial charge is 0.441 e. The maximum Gasteiger partial charge on any atom is 0.223 e. The van der Waals surface area contributed by atoms with E-state index in [1.807, 2.05) is 29.2 Å². The minimum Gasteiger partial charge on any atom is -0.441 e. The van der Waals surface area contributed by atoms with Crippen molar-refractivity contribution in [2.45, 2.75) is 46.1 Å². The van der Waals surface area contributed by atoms with E-state index in [0.717, 1.165) is 24.3 Å². The van der Waals surface area contributed by atoms with Crippen LogP contribution in [0.3, 0.4) is 0 Å². The van der Waals surface area contributed by atoms with Crippen molar-refractivity contribution in [3.63, 3.8) is 0 Å². The minimum atomic E-state index is -0.0323. The molecule has 2 aromatic rings. The Morgan fingerprint density at radius 2 is 2.08 bits per heavy atom. The van der Waals surface area contributed by atoms with E-state index in [4.69, 9.17) is 10.2 Å². The summed E-state index contributed by atoms with van der Waals surface area (Å²) in [7, 11) is 0. The second-order valence-electron chi connectivity index (χ2n) is 7.68. The van der Waals surface area contributed by atoms with Gasteiger partial charge in [-0.3, -0.25) is 4.79 Å². The molecule has 5 heteroatoms. The van der Waals surface area contributed by atoms with E-state index in [2.05, 4.69) is 25.8 Å². The Bertz CT molecular complexity index is 734. The number of nitrogens with zero attached hydrogens (tertiary/aromatic N) is 2. The average molecular weight is 341 g/mol. The smallest absolute Gasteiger partial charge is 0.223 e. The quantitative estimate of drug-likeness (QED) is 0.927. The zero-order chi connectivity index (χ0) is 18.0. The Balaban J connectivity index is 1.57. The fourth-order valence-corrected chi connectivity index (χ4v) is 3.24. The zero-order valence-electron chi connectivity index (χ0n) is 15.3. The third kappa shape index (κ3) is 4.10. The Morgan fingerprint density at radius 3 is 2.76 bits per heavy atom. The van der Waals surface area contributed by atoms with Crippen LogP contribution in [-0.2, 0) is 11.2 Å². The van der Waals surface area contributed by atoms with Crippen LogP contribution in [0.25, 0.3) is 11.3 Å². The molecule has 1 amide bonds. The lowest BCUT2D eigenvalue weighted by Gasteiger charge is -2.42. The number of aromatic nitrogens is 1. The number of carbonyl (C=O) groups excluding carboxylic acids is 1. The van der Waals surface area contributed by atoms with Crippen LogP contribution in [0.15, 0.2) is 34.9 Å². The van der Waals surface area contributed by atoms with Crippen LogP contribution in [-0.4, -0.2) is 34.9 Å². The highest BCUT2D eigenvalue weighted by atomic mass is 16.4. The molecule has 5 nitrogen and oxygen atoms in total. The van der Waals surface area contributed by atoms with E-state index in [1.165, 1.54) is 5.56 Å². The molecule has 1 aromatic carbocycles. The van der Waals surface area contributed by atoms with Crippen molar-refractivity contribution < 1.29 is 9.21 Å². The third-order valence-corrected chi connectivity index (χ3v) is 5.11. The molecule has 1 saturated heterocycles. The molecule has 2 N–H and O–H groups in total. The van der Waals surface area contributed by atoms with Crippen molar-refractivity contribution in [1.82, 2.24) is 9.88 Å². The summed E-state index contributed by atoms with van der Waals surface area (Å²) in [5.41, 5.74) is 8.32. The van der Waals surface area contributed by atoms with Gasteiger partial charge in [0.2, 0.25) is 5.91 Å². The Labute approximate surface area is 149 Å². The minimum absolute atomic E-state index is 0.0323. The molecule has 1 aromatic heterocycles. The van der Waals surface area contributed by atoms with Crippen molar-refractivity contribution in [2.75, 3.05) is 13.1 Å². The molecule has 1 fully saturated rings. The summed E-state index contributed by atoms with van der Waals surface area (Å²) < 4.78 is 5.80. The van der Waals surface area contributed by atoms with Crippen LogP contribution in [0, 0.1) is 12.3 Å². The van der Waals surface area contributed by atoms with Gasteiger partial charge in [0.05, 0.1) is 6.20 Å². The number of piperidine rings is 1. The number of carbonyl (C=O) groups is 1. The van der Waals surface area contributed by atoms with E-state index in [0.29, 0.717) is 25.3 Å². The van der Waals surface area contributed by atoms with E-state index < -0.39 is 0 Å². The first-order valence-corrected chi connectivity index (χ1v) is 8.90. The molecule has 1 unspecified atom stereocenters. The second-order valence-corrected chi connectivity index (χ2v) is 7.68. The Kier molecular flexibility index (Phi) is 4.95. The van der Waals surface area contributed by atoms with Gasteiger partial charge in [-0.25, -0.2) is 4.98 Å². The lowest BCUT2D eigenvalue weighted by atomic mass is 9.79. The molecule has 0 saturated carbocycles. The van der Waals surface area contributed by atoms with E-state index in [-0.39, 0.29) is 17.4 Å². The molecule has 0 bridgehead atoms. The van der Waals surface area contributed by atoms with Gasteiger partial charge in [0.25, 0.3) is 0 Å². The van der Waals surface area contributed by atoms with Crippen LogP contribution in [0.5, 0.6) is 0 Å². The van der Waals surface area contributed by atoms with E-state index in [1.54, 1.807) is 6.20 Å². The number of likely N-dealkylation sites (tertiary alicyclic amines) is 1. The number of benzene rings is 1. The monoisotopic (exact) mass is 341 g/mol. The molecule has 134 valence electrons. The van der Waals surface area contributed by atoms with Gasteiger partial charge < -0.3 is 15.1 Å². The van der Waals surface area contributed by atoms with Crippen molar-refractivity contribution >= 4 is 5.91 Å². The summed E-state index contributed by atoms with van der Waals surface area (Å²) >= 11 is 0. The molecule has 3 rings (SSSR count). The average Bonchev–Trinajstić information content (AvgIpc) is 3.04. The lowest BCUT2D eigenvalue weighted by molar-refractivity contribution is -0.134. The highest BCUT2D eigenvalue weighted by molar-refractivity contribution is 5.76. The number of nitrogens with two attached hydrogens (primary N) is 1. The van der Waals surface area contributed by atoms with Gasteiger partial charge in [-0.1, -0.05) is 43.7 Å². The second kappa shape index (κ2) is 7.00. The molecule has 1 aliphatic heterocycles. The third-order valence-electron chi connectivity index (χ3n) is 5.11. The first-order chi connectivity index (χ1) is 11.8. The fraction of sp³-hybridized carbons (Fsp3) is 0.500. The summed E-state index contributed by atoms with van der Waals surface area (Å²) in [6, 6.07) is 8.28. The van der Waals surface area contributed by atoms with Crippen LogP contribution in [0.1, 0.15) is 38.1 Å². The van der Waals surface area contributed by atoms with Crippen molar-refractivity contribution in [3.05, 3.63) is 41.9 Å². The summed E-state index contributed by atoms with van der Waals surface area (Å²) in [5.74, 6) is 1.50. The summed E-state index contributed by atoms with van der Waals surface area (Å²) in [4.78, 5) is 18.7. The van der Waals surface area contributed by atoms with Gasteiger partial charge in [0.1, 0.15) is 0 Å². The first kappa shape index (κ1) is 17.7. The van der Waals surface area contributed by atoms with Gasteiger partial charge >= 0.3 is 0 Å². The van der Waals surface area contributed by atoms with Crippen molar-refractivity contribution in [2.24, 2.45) is 11.1 Å². The van der Waals surface area contributed by atoms with Gasteiger partial charge in [-0.2, -0.15) is 0 Å². The highest BCUT2D eigenvalue weighted by Gasteiger charge is 2.35. The summed E-state index contributed by atoms with van der Waals surface area (Å²) in [6.45, 7) is 7.75. The van der Waals surface area contributed by atoms with Crippen LogP contribution in [0.4, 0.5) is 0 Å². The summed E-state index contributed by atoms with van der Waals surface area (Å²) in [6.07, 6.45) is 3.52. The number of hydrogen-bond acceptors (Lipinski definition) is 4. The first-order valence-electron chi connectivity index (χ1n) is 8.90. The molecule has 1 atom stereocenters. The molecule has 25 heavy (non-hydrogen) atoms. The van der Waals surface area contributed by atoms with Crippen molar-refractivity contribution in [3.8, 4) is 11.3 Å². The standard InChI is InChI=1S/C20H27N3O2/c1-14-4-6-15(7-5-14)16-12-22-18(25-16)8-9-19(24)23-11-10-17(21)20(2,3)13-23/h4-7,12,17H,8-11,13,21H2,1-3H3. The van der Waals surface area contributed by atoms with Gasteiger partial charge in [0, 0.05) is 37.5 Å². The SMILES string of the molecule is Cc1ccc(-c2cnc(CCC(=O)N3CCC(N)C(C)(C)C3)o2)cc1. The zero-order valence-corrected chi connectivity index (χ0v) is 15.3. The Hall–Kier alpha value is -2.14.